The molecule has 2 aliphatic rings. The van der Waals surface area contributed by atoms with E-state index in [1.807, 2.05) is 12.1 Å². The first-order chi connectivity index (χ1) is 12.3. The van der Waals surface area contributed by atoms with E-state index in [2.05, 4.69) is 34.9 Å². The summed E-state index contributed by atoms with van der Waals surface area (Å²) in [6, 6.07) is 11.2. The lowest BCUT2D eigenvalue weighted by Gasteiger charge is -2.38. The highest BCUT2D eigenvalue weighted by Gasteiger charge is 2.29. The van der Waals surface area contributed by atoms with Crippen molar-refractivity contribution in [3.8, 4) is 5.75 Å². The highest BCUT2D eigenvalue weighted by atomic mass is 16.5. The SMILES string of the molecule is COc1cccc2ccc(N3CCC(C(C)N4CCCC4)CC3)nc12. The van der Waals surface area contributed by atoms with Crippen LogP contribution >= 0.6 is 0 Å². The van der Waals surface area contributed by atoms with Gasteiger partial charge in [0.05, 0.1) is 7.11 Å². The maximum atomic E-state index is 5.49. The van der Waals surface area contributed by atoms with Gasteiger partial charge in [0, 0.05) is 24.5 Å². The molecular weight excluding hydrogens is 310 g/mol. The molecule has 134 valence electrons. The predicted octanol–water partition coefficient (Wildman–Crippen LogP) is 3.94. The third kappa shape index (κ3) is 3.32. The average Bonchev–Trinajstić information content (AvgIpc) is 3.21. The highest BCUT2D eigenvalue weighted by Crippen LogP contribution is 2.30. The van der Waals surface area contributed by atoms with Gasteiger partial charge in [-0.25, -0.2) is 4.98 Å². The van der Waals surface area contributed by atoms with Gasteiger partial charge in [-0.3, -0.25) is 0 Å². The molecule has 2 aromatic rings. The quantitative estimate of drug-likeness (QED) is 0.843. The van der Waals surface area contributed by atoms with Gasteiger partial charge in [-0.2, -0.15) is 0 Å². The van der Waals surface area contributed by atoms with E-state index in [9.17, 15) is 0 Å². The van der Waals surface area contributed by atoms with E-state index in [-0.39, 0.29) is 0 Å². The summed E-state index contributed by atoms with van der Waals surface area (Å²) in [4.78, 5) is 10.0. The van der Waals surface area contributed by atoms with Crippen LogP contribution in [0.2, 0.25) is 0 Å². The smallest absolute Gasteiger partial charge is 0.145 e. The maximum Gasteiger partial charge on any atom is 0.145 e. The maximum absolute atomic E-state index is 5.49. The minimum absolute atomic E-state index is 0.731. The second-order valence-electron chi connectivity index (χ2n) is 7.51. The summed E-state index contributed by atoms with van der Waals surface area (Å²) >= 11 is 0. The first-order valence-corrected chi connectivity index (χ1v) is 9.69. The fourth-order valence-electron chi connectivity index (χ4n) is 4.51. The van der Waals surface area contributed by atoms with Gasteiger partial charge in [0.2, 0.25) is 0 Å². The standard InChI is InChI=1S/C21H29N3O/c1-16(23-12-3-4-13-23)17-10-14-24(15-11-17)20-9-8-18-6-5-7-19(25-2)21(18)22-20/h5-9,16-17H,3-4,10-15H2,1-2H3. The third-order valence-corrected chi connectivity index (χ3v) is 6.15. The summed E-state index contributed by atoms with van der Waals surface area (Å²) < 4.78 is 5.49. The van der Waals surface area contributed by atoms with Crippen LogP contribution < -0.4 is 9.64 Å². The van der Waals surface area contributed by atoms with Gasteiger partial charge in [-0.1, -0.05) is 12.1 Å². The van der Waals surface area contributed by atoms with E-state index in [0.717, 1.165) is 47.5 Å². The molecule has 0 bridgehead atoms. The number of ether oxygens (including phenoxy) is 1. The molecule has 0 amide bonds. The number of anilines is 1. The molecule has 1 aromatic carbocycles. The van der Waals surface area contributed by atoms with Crippen LogP contribution in [0.1, 0.15) is 32.6 Å². The first kappa shape index (κ1) is 16.6. The normalized spacial score (nSPS) is 21.0. The van der Waals surface area contributed by atoms with Crippen molar-refractivity contribution in [1.29, 1.82) is 0 Å². The molecular formula is C21H29N3O. The molecule has 3 heterocycles. The van der Waals surface area contributed by atoms with Crippen LogP contribution in [0.25, 0.3) is 10.9 Å². The molecule has 1 atom stereocenters. The minimum atomic E-state index is 0.731. The number of aromatic nitrogens is 1. The van der Waals surface area contributed by atoms with Crippen LogP contribution in [-0.2, 0) is 0 Å². The van der Waals surface area contributed by atoms with Crippen molar-refractivity contribution >= 4 is 16.7 Å². The van der Waals surface area contributed by atoms with Gasteiger partial charge in [0.15, 0.2) is 0 Å². The number of rotatable bonds is 4. The lowest BCUT2D eigenvalue weighted by Crippen LogP contribution is -2.43. The summed E-state index contributed by atoms with van der Waals surface area (Å²) in [7, 11) is 1.72. The van der Waals surface area contributed by atoms with Crippen LogP contribution in [-0.4, -0.2) is 49.2 Å². The Kier molecular flexibility index (Phi) is 4.80. The molecule has 4 heteroatoms. The van der Waals surface area contributed by atoms with Crippen molar-refractivity contribution in [2.24, 2.45) is 5.92 Å². The van der Waals surface area contributed by atoms with Crippen LogP contribution in [0.15, 0.2) is 30.3 Å². The van der Waals surface area contributed by atoms with Crippen LogP contribution in [0, 0.1) is 5.92 Å². The third-order valence-electron chi connectivity index (χ3n) is 6.15. The number of piperidine rings is 1. The van der Waals surface area contributed by atoms with Crippen molar-refractivity contribution in [1.82, 2.24) is 9.88 Å². The Balaban J connectivity index is 1.46. The molecule has 2 aliphatic heterocycles. The molecule has 2 fully saturated rings. The van der Waals surface area contributed by atoms with Crippen LogP contribution in [0.3, 0.4) is 0 Å². The number of likely N-dealkylation sites (tertiary alicyclic amines) is 1. The van der Waals surface area contributed by atoms with Gasteiger partial charge in [-0.05, 0) is 69.8 Å². The van der Waals surface area contributed by atoms with Crippen molar-refractivity contribution in [3.05, 3.63) is 30.3 Å². The minimum Gasteiger partial charge on any atom is -0.494 e. The zero-order chi connectivity index (χ0) is 17.2. The second kappa shape index (κ2) is 7.20. The molecule has 0 spiro atoms. The summed E-state index contributed by atoms with van der Waals surface area (Å²) in [6.45, 7) is 7.25. The molecule has 4 rings (SSSR count). The predicted molar refractivity (Wildman–Crippen MR) is 104 cm³/mol. The Hall–Kier alpha value is -1.81. The van der Waals surface area contributed by atoms with Gasteiger partial charge in [0.25, 0.3) is 0 Å². The number of hydrogen-bond donors (Lipinski definition) is 0. The average molecular weight is 339 g/mol. The van der Waals surface area contributed by atoms with Crippen LogP contribution in [0.4, 0.5) is 5.82 Å². The number of pyridine rings is 1. The van der Waals surface area contributed by atoms with E-state index in [1.54, 1.807) is 7.11 Å². The number of fused-ring (bicyclic) bond motifs is 1. The second-order valence-corrected chi connectivity index (χ2v) is 7.51. The summed E-state index contributed by atoms with van der Waals surface area (Å²) in [5.41, 5.74) is 0.968. The van der Waals surface area contributed by atoms with Crippen molar-refractivity contribution in [2.75, 3.05) is 38.2 Å². The number of hydrogen-bond acceptors (Lipinski definition) is 4. The van der Waals surface area contributed by atoms with Gasteiger partial charge in [-0.15, -0.1) is 0 Å². The molecule has 1 aromatic heterocycles. The van der Waals surface area contributed by atoms with E-state index in [0.29, 0.717) is 0 Å². The highest BCUT2D eigenvalue weighted by molar-refractivity contribution is 5.85. The van der Waals surface area contributed by atoms with Gasteiger partial charge >= 0.3 is 0 Å². The Morgan fingerprint density at radius 3 is 2.52 bits per heavy atom. The fourth-order valence-corrected chi connectivity index (χ4v) is 4.51. The summed E-state index contributed by atoms with van der Waals surface area (Å²) in [5, 5.41) is 1.14. The van der Waals surface area contributed by atoms with E-state index in [1.165, 1.54) is 38.8 Å². The molecule has 0 aliphatic carbocycles. The molecule has 4 nitrogen and oxygen atoms in total. The molecule has 0 saturated carbocycles. The zero-order valence-electron chi connectivity index (χ0n) is 15.4. The lowest BCUT2D eigenvalue weighted by molar-refractivity contribution is 0.167. The topological polar surface area (TPSA) is 28.6 Å². The van der Waals surface area contributed by atoms with E-state index in [4.69, 9.17) is 9.72 Å². The van der Waals surface area contributed by atoms with Crippen molar-refractivity contribution < 1.29 is 4.74 Å². The fraction of sp³-hybridized carbons (Fsp3) is 0.571. The Morgan fingerprint density at radius 2 is 1.80 bits per heavy atom. The number of benzene rings is 1. The Bertz CT molecular complexity index is 718. The van der Waals surface area contributed by atoms with Crippen molar-refractivity contribution in [3.63, 3.8) is 0 Å². The van der Waals surface area contributed by atoms with Gasteiger partial charge in [0.1, 0.15) is 17.1 Å². The summed E-state index contributed by atoms with van der Waals surface area (Å²) in [5.74, 6) is 2.77. The van der Waals surface area contributed by atoms with Crippen LogP contribution in [0.5, 0.6) is 5.75 Å². The van der Waals surface area contributed by atoms with E-state index >= 15 is 0 Å². The molecule has 1 unspecified atom stereocenters. The van der Waals surface area contributed by atoms with Gasteiger partial charge < -0.3 is 14.5 Å². The number of para-hydroxylation sites is 1. The molecule has 0 N–H and O–H groups in total. The largest absolute Gasteiger partial charge is 0.494 e. The molecule has 25 heavy (non-hydrogen) atoms. The molecule has 0 radical (unpaired) electrons. The monoisotopic (exact) mass is 339 g/mol. The van der Waals surface area contributed by atoms with E-state index < -0.39 is 0 Å². The molecule has 2 saturated heterocycles. The Morgan fingerprint density at radius 1 is 1.04 bits per heavy atom. The number of methoxy groups -OCH3 is 1. The Labute approximate surface area is 150 Å². The van der Waals surface area contributed by atoms with Crippen molar-refractivity contribution in [2.45, 2.75) is 38.6 Å². The lowest BCUT2D eigenvalue weighted by atomic mass is 9.89. The first-order valence-electron chi connectivity index (χ1n) is 9.69. The number of nitrogens with zero attached hydrogens (tertiary/aromatic N) is 3. The summed E-state index contributed by atoms with van der Waals surface area (Å²) in [6.07, 6.45) is 5.30. The zero-order valence-corrected chi connectivity index (χ0v) is 15.4.